The molecule has 2 unspecified atom stereocenters. The standard InChI is InChI=1S/C16H24N2O/c1-3-14-11-19-12(2)10-18(14)16-6-4-5-13-7-8-17-9-15(13)16/h4-6,12,14,17H,3,7-11H2,1-2H3. The molecule has 19 heavy (non-hydrogen) atoms. The Bertz CT molecular complexity index is 446. The van der Waals surface area contributed by atoms with Crippen LogP contribution in [0.4, 0.5) is 5.69 Å². The van der Waals surface area contributed by atoms with Gasteiger partial charge in [-0.05, 0) is 43.5 Å². The SMILES string of the molecule is CCC1COC(C)CN1c1cccc2c1CNCC2. The minimum Gasteiger partial charge on any atom is -0.375 e. The third kappa shape index (κ3) is 2.49. The minimum atomic E-state index is 0.329. The molecule has 1 saturated heterocycles. The molecule has 1 aromatic carbocycles. The highest BCUT2D eigenvalue weighted by Crippen LogP contribution is 2.30. The van der Waals surface area contributed by atoms with Crippen molar-refractivity contribution in [2.75, 3.05) is 24.6 Å². The Kier molecular flexibility index (Phi) is 3.76. The molecule has 1 N–H and O–H groups in total. The van der Waals surface area contributed by atoms with Crippen LogP contribution in [0.1, 0.15) is 31.4 Å². The van der Waals surface area contributed by atoms with Crippen LogP contribution in [-0.4, -0.2) is 31.8 Å². The van der Waals surface area contributed by atoms with Gasteiger partial charge in [-0.2, -0.15) is 0 Å². The first-order valence-corrected chi connectivity index (χ1v) is 7.49. The Morgan fingerprint density at radius 1 is 1.42 bits per heavy atom. The van der Waals surface area contributed by atoms with Gasteiger partial charge in [-0.15, -0.1) is 0 Å². The summed E-state index contributed by atoms with van der Waals surface area (Å²) < 4.78 is 5.82. The fraction of sp³-hybridized carbons (Fsp3) is 0.625. The Hall–Kier alpha value is -1.06. The summed E-state index contributed by atoms with van der Waals surface area (Å²) in [7, 11) is 0. The van der Waals surface area contributed by atoms with Gasteiger partial charge in [0.1, 0.15) is 0 Å². The third-order valence-electron chi connectivity index (χ3n) is 4.37. The lowest BCUT2D eigenvalue weighted by Gasteiger charge is -2.41. The molecule has 0 bridgehead atoms. The van der Waals surface area contributed by atoms with Gasteiger partial charge in [0.15, 0.2) is 0 Å². The second-order valence-corrected chi connectivity index (χ2v) is 5.70. The van der Waals surface area contributed by atoms with Gasteiger partial charge in [0.25, 0.3) is 0 Å². The van der Waals surface area contributed by atoms with Gasteiger partial charge in [-0.3, -0.25) is 0 Å². The van der Waals surface area contributed by atoms with Crippen LogP contribution in [0.5, 0.6) is 0 Å². The molecule has 3 rings (SSSR count). The van der Waals surface area contributed by atoms with Crippen molar-refractivity contribution in [3.05, 3.63) is 29.3 Å². The number of nitrogens with zero attached hydrogens (tertiary/aromatic N) is 1. The predicted octanol–water partition coefficient (Wildman–Crippen LogP) is 2.34. The van der Waals surface area contributed by atoms with Crippen LogP contribution in [0.3, 0.4) is 0 Å². The molecule has 0 spiro atoms. The van der Waals surface area contributed by atoms with Crippen molar-refractivity contribution in [1.29, 1.82) is 0 Å². The summed E-state index contributed by atoms with van der Waals surface area (Å²) >= 11 is 0. The highest BCUT2D eigenvalue weighted by molar-refractivity contribution is 5.58. The monoisotopic (exact) mass is 260 g/mol. The Morgan fingerprint density at radius 3 is 3.16 bits per heavy atom. The number of rotatable bonds is 2. The number of ether oxygens (including phenoxy) is 1. The number of morpholine rings is 1. The van der Waals surface area contributed by atoms with Gasteiger partial charge in [-0.1, -0.05) is 19.1 Å². The number of anilines is 1. The van der Waals surface area contributed by atoms with Gasteiger partial charge in [0, 0.05) is 18.8 Å². The Labute approximate surface area is 115 Å². The van der Waals surface area contributed by atoms with Crippen molar-refractivity contribution in [2.24, 2.45) is 0 Å². The largest absolute Gasteiger partial charge is 0.375 e. The molecule has 104 valence electrons. The minimum absolute atomic E-state index is 0.329. The maximum atomic E-state index is 5.82. The molecule has 2 heterocycles. The summed E-state index contributed by atoms with van der Waals surface area (Å²) in [6.07, 6.45) is 2.62. The third-order valence-corrected chi connectivity index (χ3v) is 4.37. The highest BCUT2D eigenvalue weighted by Gasteiger charge is 2.28. The first kappa shape index (κ1) is 12.9. The number of nitrogens with one attached hydrogen (secondary N) is 1. The molecule has 0 radical (unpaired) electrons. The second-order valence-electron chi connectivity index (χ2n) is 5.70. The van der Waals surface area contributed by atoms with Crippen LogP contribution in [0.25, 0.3) is 0 Å². The smallest absolute Gasteiger partial charge is 0.0723 e. The van der Waals surface area contributed by atoms with E-state index >= 15 is 0 Å². The van der Waals surface area contributed by atoms with E-state index in [9.17, 15) is 0 Å². The number of fused-ring (bicyclic) bond motifs is 1. The van der Waals surface area contributed by atoms with E-state index in [4.69, 9.17) is 4.74 Å². The highest BCUT2D eigenvalue weighted by atomic mass is 16.5. The topological polar surface area (TPSA) is 24.5 Å². The molecule has 0 saturated carbocycles. The van der Waals surface area contributed by atoms with Crippen LogP contribution in [0, 0.1) is 0 Å². The van der Waals surface area contributed by atoms with E-state index in [0.29, 0.717) is 12.1 Å². The normalized spacial score (nSPS) is 27.2. The summed E-state index contributed by atoms with van der Waals surface area (Å²) in [6.45, 7) is 8.40. The zero-order chi connectivity index (χ0) is 13.2. The van der Waals surface area contributed by atoms with E-state index in [1.54, 1.807) is 0 Å². The van der Waals surface area contributed by atoms with E-state index in [1.807, 2.05) is 0 Å². The molecule has 3 nitrogen and oxygen atoms in total. The lowest BCUT2D eigenvalue weighted by molar-refractivity contribution is 0.0299. The van der Waals surface area contributed by atoms with E-state index in [1.165, 1.54) is 16.8 Å². The zero-order valence-corrected chi connectivity index (χ0v) is 12.0. The summed E-state index contributed by atoms with van der Waals surface area (Å²) in [4.78, 5) is 2.57. The predicted molar refractivity (Wildman–Crippen MR) is 78.7 cm³/mol. The Morgan fingerprint density at radius 2 is 2.32 bits per heavy atom. The van der Waals surface area contributed by atoms with E-state index in [-0.39, 0.29) is 0 Å². The number of hydrogen-bond acceptors (Lipinski definition) is 3. The van der Waals surface area contributed by atoms with Crippen molar-refractivity contribution in [1.82, 2.24) is 5.32 Å². The molecule has 2 aliphatic heterocycles. The molecule has 0 amide bonds. The van der Waals surface area contributed by atoms with Gasteiger partial charge in [0.05, 0.1) is 18.8 Å². The molecular formula is C16H24N2O. The van der Waals surface area contributed by atoms with Gasteiger partial charge in [0.2, 0.25) is 0 Å². The second kappa shape index (κ2) is 5.51. The van der Waals surface area contributed by atoms with Crippen LogP contribution >= 0.6 is 0 Å². The first-order valence-electron chi connectivity index (χ1n) is 7.49. The fourth-order valence-electron chi connectivity index (χ4n) is 3.24. The van der Waals surface area contributed by atoms with Gasteiger partial charge < -0.3 is 15.0 Å². The van der Waals surface area contributed by atoms with Crippen molar-refractivity contribution < 1.29 is 4.74 Å². The van der Waals surface area contributed by atoms with E-state index in [2.05, 4.69) is 42.3 Å². The molecule has 3 heteroatoms. The molecular weight excluding hydrogens is 236 g/mol. The van der Waals surface area contributed by atoms with Gasteiger partial charge in [-0.25, -0.2) is 0 Å². The van der Waals surface area contributed by atoms with E-state index in [0.717, 1.165) is 39.1 Å². The lowest BCUT2D eigenvalue weighted by atomic mass is 9.97. The summed E-state index contributed by atoms with van der Waals surface area (Å²) in [5.74, 6) is 0. The lowest BCUT2D eigenvalue weighted by Crippen LogP contribution is -2.49. The van der Waals surface area contributed by atoms with Crippen LogP contribution < -0.4 is 10.2 Å². The molecule has 0 aromatic heterocycles. The average Bonchev–Trinajstić information content (AvgIpc) is 2.46. The molecule has 1 aromatic rings. The molecule has 0 aliphatic carbocycles. The quantitative estimate of drug-likeness (QED) is 0.883. The summed E-state index contributed by atoms with van der Waals surface area (Å²) in [6, 6.07) is 7.30. The Balaban J connectivity index is 1.95. The van der Waals surface area contributed by atoms with Crippen molar-refractivity contribution in [3.63, 3.8) is 0 Å². The van der Waals surface area contributed by atoms with Gasteiger partial charge >= 0.3 is 0 Å². The summed E-state index contributed by atoms with van der Waals surface area (Å²) in [5, 5.41) is 3.51. The van der Waals surface area contributed by atoms with Crippen molar-refractivity contribution in [3.8, 4) is 0 Å². The van der Waals surface area contributed by atoms with Crippen LogP contribution in [-0.2, 0) is 17.7 Å². The fourth-order valence-corrected chi connectivity index (χ4v) is 3.24. The average molecular weight is 260 g/mol. The summed E-state index contributed by atoms with van der Waals surface area (Å²) in [5.41, 5.74) is 4.44. The van der Waals surface area contributed by atoms with E-state index < -0.39 is 0 Å². The van der Waals surface area contributed by atoms with Crippen LogP contribution in [0.15, 0.2) is 18.2 Å². The first-order chi connectivity index (χ1) is 9.29. The zero-order valence-electron chi connectivity index (χ0n) is 12.0. The maximum Gasteiger partial charge on any atom is 0.0723 e. The maximum absolute atomic E-state index is 5.82. The molecule has 1 fully saturated rings. The van der Waals surface area contributed by atoms with Crippen molar-refractivity contribution >= 4 is 5.69 Å². The van der Waals surface area contributed by atoms with Crippen molar-refractivity contribution in [2.45, 2.75) is 45.4 Å². The number of benzene rings is 1. The molecule has 2 aliphatic rings. The number of hydrogen-bond donors (Lipinski definition) is 1. The van der Waals surface area contributed by atoms with Crippen LogP contribution in [0.2, 0.25) is 0 Å². The molecule has 2 atom stereocenters.